The van der Waals surface area contributed by atoms with E-state index in [9.17, 15) is 8.42 Å². The molecule has 1 saturated heterocycles. The Labute approximate surface area is 172 Å². The normalized spacial score (nSPS) is 23.5. The summed E-state index contributed by atoms with van der Waals surface area (Å²) in [4.78, 5) is 4.65. The van der Waals surface area contributed by atoms with Crippen molar-refractivity contribution in [1.82, 2.24) is 25.4 Å². The summed E-state index contributed by atoms with van der Waals surface area (Å²) in [7, 11) is -0.994. The molecular weight excluding hydrogens is 467 g/mol. The van der Waals surface area contributed by atoms with Gasteiger partial charge in [-0.3, -0.25) is 0 Å². The molecule has 148 valence electrons. The minimum absolute atomic E-state index is 0. The summed E-state index contributed by atoms with van der Waals surface area (Å²) in [5.41, 5.74) is 0. The van der Waals surface area contributed by atoms with Crippen LogP contribution >= 0.6 is 24.0 Å². The number of halogens is 1. The smallest absolute Gasteiger partial charge is 0.192 e. The van der Waals surface area contributed by atoms with E-state index in [2.05, 4.69) is 25.8 Å². The van der Waals surface area contributed by atoms with Gasteiger partial charge in [0.2, 0.25) is 0 Å². The molecule has 2 fully saturated rings. The molecule has 2 aliphatic rings. The Morgan fingerprint density at radius 2 is 1.85 bits per heavy atom. The summed E-state index contributed by atoms with van der Waals surface area (Å²) < 4.78 is 25.4. The van der Waals surface area contributed by atoms with Gasteiger partial charge in [0.15, 0.2) is 21.6 Å². The molecule has 0 radical (unpaired) electrons. The molecule has 8 nitrogen and oxygen atoms in total. The first-order valence-corrected chi connectivity index (χ1v) is 10.9. The predicted octanol–water partition coefficient (Wildman–Crippen LogP) is 1.30. The molecule has 1 saturated carbocycles. The Morgan fingerprint density at radius 3 is 2.42 bits per heavy atom. The maximum atomic E-state index is 11.7. The fourth-order valence-electron chi connectivity index (χ4n) is 3.41. The second-order valence-electron chi connectivity index (χ2n) is 7.11. The summed E-state index contributed by atoms with van der Waals surface area (Å²) in [5, 5.41) is 15.0. The van der Waals surface area contributed by atoms with E-state index in [-0.39, 0.29) is 41.5 Å². The van der Waals surface area contributed by atoms with E-state index in [1.807, 2.05) is 18.5 Å². The number of hydrogen-bond acceptors (Lipinski definition) is 5. The molecular formula is C16H29IN6O2S. The van der Waals surface area contributed by atoms with Gasteiger partial charge in [0.05, 0.1) is 11.5 Å². The second-order valence-corrected chi connectivity index (χ2v) is 9.34. The minimum atomic E-state index is -2.92. The van der Waals surface area contributed by atoms with Gasteiger partial charge < -0.3 is 15.2 Å². The Bertz CT molecular complexity index is 727. The van der Waals surface area contributed by atoms with Gasteiger partial charge >= 0.3 is 0 Å². The molecule has 1 atom stereocenters. The van der Waals surface area contributed by atoms with Gasteiger partial charge in [0, 0.05) is 19.1 Å². The fraction of sp³-hybridized carbons (Fsp3) is 0.812. The Morgan fingerprint density at radius 1 is 1.15 bits per heavy atom. The highest BCUT2D eigenvalue weighted by Crippen LogP contribution is 2.17. The van der Waals surface area contributed by atoms with Crippen LogP contribution in [0.15, 0.2) is 4.99 Å². The number of aryl methyl sites for hydroxylation is 1. The summed E-state index contributed by atoms with van der Waals surface area (Å²) >= 11 is 0. The molecule has 2 N–H and O–H groups in total. The van der Waals surface area contributed by atoms with Gasteiger partial charge in [-0.05, 0) is 26.2 Å². The number of sulfone groups is 1. The van der Waals surface area contributed by atoms with Crippen LogP contribution < -0.4 is 10.6 Å². The summed E-state index contributed by atoms with van der Waals surface area (Å²) in [6.45, 7) is 2.32. The van der Waals surface area contributed by atoms with Crippen LogP contribution in [-0.2, 0) is 23.4 Å². The van der Waals surface area contributed by atoms with Gasteiger partial charge in [-0.1, -0.05) is 19.3 Å². The Hall–Kier alpha value is -0.910. The third-order valence-electron chi connectivity index (χ3n) is 5.08. The van der Waals surface area contributed by atoms with Crippen LogP contribution in [-0.4, -0.2) is 52.7 Å². The van der Waals surface area contributed by atoms with Crippen LogP contribution in [0, 0.1) is 6.92 Å². The molecule has 1 aromatic rings. The molecule has 1 aromatic heterocycles. The van der Waals surface area contributed by atoms with E-state index in [0.29, 0.717) is 25.0 Å². The van der Waals surface area contributed by atoms with Crippen LogP contribution in [0.2, 0.25) is 0 Å². The van der Waals surface area contributed by atoms with Gasteiger partial charge in [0.1, 0.15) is 12.4 Å². The number of guanidine groups is 1. The van der Waals surface area contributed by atoms with Crippen LogP contribution in [0.5, 0.6) is 0 Å². The zero-order valence-electron chi connectivity index (χ0n) is 15.4. The van der Waals surface area contributed by atoms with E-state index in [1.165, 1.54) is 19.3 Å². The van der Waals surface area contributed by atoms with Crippen molar-refractivity contribution in [1.29, 1.82) is 0 Å². The quantitative estimate of drug-likeness (QED) is 0.370. The maximum Gasteiger partial charge on any atom is 0.192 e. The van der Waals surface area contributed by atoms with Crippen LogP contribution in [0.1, 0.15) is 50.2 Å². The summed E-state index contributed by atoms with van der Waals surface area (Å²) in [6.07, 6.45) is 6.64. The molecule has 1 aliphatic heterocycles. The largest absolute Gasteiger partial charge is 0.354 e. The van der Waals surface area contributed by atoms with E-state index in [4.69, 9.17) is 0 Å². The first-order valence-electron chi connectivity index (χ1n) is 9.06. The van der Waals surface area contributed by atoms with E-state index in [1.54, 1.807) is 0 Å². The van der Waals surface area contributed by atoms with Crippen molar-refractivity contribution in [2.75, 3.05) is 11.5 Å². The zero-order chi connectivity index (χ0) is 17.9. The van der Waals surface area contributed by atoms with E-state index < -0.39 is 9.84 Å². The maximum absolute atomic E-state index is 11.7. The number of nitrogens with zero attached hydrogens (tertiary/aromatic N) is 4. The van der Waals surface area contributed by atoms with Gasteiger partial charge in [-0.15, -0.1) is 34.2 Å². The lowest BCUT2D eigenvalue weighted by atomic mass is 9.96. The molecule has 1 aliphatic carbocycles. The standard InChI is InChI=1S/C16H28N6O2S.HI/c1-12-20-21-15(22(12)2)10-17-16(18-13-6-4-3-5-7-13)19-14-8-9-25(23,24)11-14;/h13-14H,3-11H2,1-2H3,(H2,17,18,19);1H. The molecule has 26 heavy (non-hydrogen) atoms. The highest BCUT2D eigenvalue weighted by Gasteiger charge is 2.29. The monoisotopic (exact) mass is 496 g/mol. The van der Waals surface area contributed by atoms with Gasteiger partial charge in [0.25, 0.3) is 0 Å². The minimum Gasteiger partial charge on any atom is -0.354 e. The fourth-order valence-corrected chi connectivity index (χ4v) is 5.09. The van der Waals surface area contributed by atoms with E-state index >= 15 is 0 Å². The average Bonchev–Trinajstić information content (AvgIpc) is 3.08. The summed E-state index contributed by atoms with van der Waals surface area (Å²) in [5.74, 6) is 2.77. The first-order chi connectivity index (χ1) is 11.9. The molecule has 0 spiro atoms. The Balaban J connectivity index is 0.00000243. The van der Waals surface area contributed by atoms with Crippen molar-refractivity contribution in [2.45, 2.75) is 64.1 Å². The number of hydrogen-bond donors (Lipinski definition) is 2. The van der Waals surface area contributed by atoms with Crippen molar-refractivity contribution < 1.29 is 8.42 Å². The molecule has 0 bridgehead atoms. The first kappa shape index (κ1) is 21.4. The lowest BCUT2D eigenvalue weighted by Crippen LogP contribution is -2.48. The highest BCUT2D eigenvalue weighted by molar-refractivity contribution is 14.0. The van der Waals surface area contributed by atoms with Gasteiger partial charge in [-0.2, -0.15) is 0 Å². The number of aliphatic imine (C=N–C) groups is 1. The number of nitrogens with one attached hydrogen (secondary N) is 2. The number of rotatable bonds is 4. The van der Waals surface area contributed by atoms with Crippen LogP contribution in [0.4, 0.5) is 0 Å². The van der Waals surface area contributed by atoms with Crippen molar-refractivity contribution >= 4 is 39.8 Å². The lowest BCUT2D eigenvalue weighted by Gasteiger charge is -2.26. The number of aromatic nitrogens is 3. The zero-order valence-corrected chi connectivity index (χ0v) is 18.6. The molecule has 0 amide bonds. The second kappa shape index (κ2) is 9.34. The predicted molar refractivity (Wildman–Crippen MR) is 112 cm³/mol. The van der Waals surface area contributed by atoms with Crippen LogP contribution in [0.3, 0.4) is 0 Å². The van der Waals surface area contributed by atoms with Gasteiger partial charge in [-0.25, -0.2) is 13.4 Å². The SMILES string of the molecule is Cc1nnc(CN=C(NC2CCCCC2)NC2CCS(=O)(=O)C2)n1C.I. The molecule has 1 unspecified atom stereocenters. The lowest BCUT2D eigenvalue weighted by molar-refractivity contribution is 0.408. The topological polar surface area (TPSA) is 101 Å². The highest BCUT2D eigenvalue weighted by atomic mass is 127. The molecule has 2 heterocycles. The summed E-state index contributed by atoms with van der Waals surface area (Å²) in [6, 6.07) is 0.334. The van der Waals surface area contributed by atoms with Crippen molar-refractivity contribution in [3.8, 4) is 0 Å². The molecule has 3 rings (SSSR count). The molecule has 0 aromatic carbocycles. The third kappa shape index (κ3) is 5.80. The Kier molecular flexibility index (Phi) is 7.68. The average molecular weight is 496 g/mol. The van der Waals surface area contributed by atoms with Crippen LogP contribution in [0.25, 0.3) is 0 Å². The van der Waals surface area contributed by atoms with Crippen molar-refractivity contribution in [2.24, 2.45) is 12.0 Å². The van der Waals surface area contributed by atoms with Crippen molar-refractivity contribution in [3.05, 3.63) is 11.6 Å². The molecule has 10 heteroatoms. The van der Waals surface area contributed by atoms with E-state index in [0.717, 1.165) is 24.5 Å². The van der Waals surface area contributed by atoms with Crippen molar-refractivity contribution in [3.63, 3.8) is 0 Å². The third-order valence-corrected chi connectivity index (χ3v) is 6.85.